The van der Waals surface area contributed by atoms with Gasteiger partial charge >= 0.3 is 0 Å². The van der Waals surface area contributed by atoms with Gasteiger partial charge in [-0.25, -0.2) is 4.99 Å². The van der Waals surface area contributed by atoms with Gasteiger partial charge in [0.05, 0.1) is 12.8 Å². The van der Waals surface area contributed by atoms with Crippen molar-refractivity contribution in [1.29, 1.82) is 0 Å². The minimum absolute atomic E-state index is 0.160. The van der Waals surface area contributed by atoms with Gasteiger partial charge in [0, 0.05) is 38.5 Å². The monoisotopic (exact) mass is 368 g/mol. The SMILES string of the molecule is COc1ccc(N=C(Nc2ccccc2)N2CCNCC2)c(CCCO)c1. The summed E-state index contributed by atoms with van der Waals surface area (Å²) in [5, 5.41) is 16.1. The lowest BCUT2D eigenvalue weighted by atomic mass is 10.1. The molecule has 3 rings (SSSR count). The fourth-order valence-electron chi connectivity index (χ4n) is 3.09. The summed E-state index contributed by atoms with van der Waals surface area (Å²) in [7, 11) is 1.66. The number of methoxy groups -OCH3 is 1. The van der Waals surface area contributed by atoms with E-state index in [0.717, 1.165) is 61.2 Å². The van der Waals surface area contributed by atoms with Crippen molar-refractivity contribution >= 4 is 17.3 Å². The summed E-state index contributed by atoms with van der Waals surface area (Å²) in [4.78, 5) is 7.24. The summed E-state index contributed by atoms with van der Waals surface area (Å²) in [5.74, 6) is 1.65. The van der Waals surface area contributed by atoms with Gasteiger partial charge in [-0.2, -0.15) is 0 Å². The van der Waals surface area contributed by atoms with Crippen molar-refractivity contribution in [2.45, 2.75) is 12.8 Å². The van der Waals surface area contributed by atoms with Gasteiger partial charge in [0.15, 0.2) is 0 Å². The van der Waals surface area contributed by atoms with Gasteiger partial charge < -0.3 is 25.4 Å². The van der Waals surface area contributed by atoms with Crippen LogP contribution in [0.4, 0.5) is 11.4 Å². The van der Waals surface area contributed by atoms with E-state index in [4.69, 9.17) is 9.73 Å². The molecule has 1 heterocycles. The second kappa shape index (κ2) is 9.94. The van der Waals surface area contributed by atoms with Crippen LogP contribution >= 0.6 is 0 Å². The molecule has 0 aliphatic carbocycles. The summed E-state index contributed by atoms with van der Waals surface area (Å²) < 4.78 is 5.36. The number of aliphatic hydroxyl groups is 1. The number of piperazine rings is 1. The summed E-state index contributed by atoms with van der Waals surface area (Å²) >= 11 is 0. The van der Waals surface area contributed by atoms with E-state index in [1.54, 1.807) is 7.11 Å². The molecule has 1 fully saturated rings. The predicted molar refractivity (Wildman–Crippen MR) is 110 cm³/mol. The molecule has 2 aromatic rings. The number of aliphatic imine (C=N–C) groups is 1. The third kappa shape index (κ3) is 5.45. The van der Waals surface area contributed by atoms with Gasteiger partial charge in [-0.3, -0.25) is 0 Å². The van der Waals surface area contributed by atoms with Crippen LogP contribution in [0.25, 0.3) is 0 Å². The molecule has 0 aromatic heterocycles. The molecule has 0 spiro atoms. The number of benzene rings is 2. The zero-order chi connectivity index (χ0) is 18.9. The average Bonchev–Trinajstić information content (AvgIpc) is 2.74. The standard InChI is InChI=1S/C21H28N4O2/c1-27-19-9-10-20(17(16-19)6-5-15-26)24-21(25-13-11-22-12-14-25)23-18-7-3-2-4-8-18/h2-4,7-10,16,22,26H,5-6,11-15H2,1H3,(H,23,24). The van der Waals surface area contributed by atoms with Crippen LogP contribution in [0, 0.1) is 0 Å². The fourth-order valence-corrected chi connectivity index (χ4v) is 3.09. The molecule has 3 N–H and O–H groups in total. The molecule has 6 heteroatoms. The molecule has 0 unspecified atom stereocenters. The third-order valence-corrected chi connectivity index (χ3v) is 4.56. The van der Waals surface area contributed by atoms with Crippen LogP contribution in [0.15, 0.2) is 53.5 Å². The summed E-state index contributed by atoms with van der Waals surface area (Å²) in [5.41, 5.74) is 2.99. The van der Waals surface area contributed by atoms with Crippen molar-refractivity contribution in [2.24, 2.45) is 4.99 Å². The number of hydrogen-bond donors (Lipinski definition) is 3. The number of para-hydroxylation sites is 1. The van der Waals surface area contributed by atoms with Crippen molar-refractivity contribution in [3.63, 3.8) is 0 Å². The van der Waals surface area contributed by atoms with Crippen LogP contribution in [-0.4, -0.2) is 55.9 Å². The maximum atomic E-state index is 9.23. The van der Waals surface area contributed by atoms with E-state index in [1.807, 2.05) is 48.5 Å². The van der Waals surface area contributed by atoms with E-state index in [-0.39, 0.29) is 6.61 Å². The van der Waals surface area contributed by atoms with Gasteiger partial charge in [-0.15, -0.1) is 0 Å². The van der Waals surface area contributed by atoms with E-state index in [9.17, 15) is 5.11 Å². The van der Waals surface area contributed by atoms with Crippen molar-refractivity contribution in [3.8, 4) is 5.75 Å². The lowest BCUT2D eigenvalue weighted by molar-refractivity contribution is 0.288. The quantitative estimate of drug-likeness (QED) is 0.540. The lowest BCUT2D eigenvalue weighted by Gasteiger charge is -2.31. The molecular formula is C21H28N4O2. The maximum Gasteiger partial charge on any atom is 0.203 e. The van der Waals surface area contributed by atoms with E-state index < -0.39 is 0 Å². The first-order valence-corrected chi connectivity index (χ1v) is 9.44. The minimum Gasteiger partial charge on any atom is -0.497 e. The Kier molecular flexibility index (Phi) is 7.07. The average molecular weight is 368 g/mol. The first-order chi connectivity index (χ1) is 13.3. The Balaban J connectivity index is 1.93. The second-order valence-corrected chi connectivity index (χ2v) is 6.49. The number of aryl methyl sites for hydroxylation is 1. The highest BCUT2D eigenvalue weighted by atomic mass is 16.5. The fraction of sp³-hybridized carbons (Fsp3) is 0.381. The van der Waals surface area contributed by atoms with Gasteiger partial charge in [0.2, 0.25) is 5.96 Å². The normalized spacial score (nSPS) is 14.9. The Morgan fingerprint density at radius 3 is 2.67 bits per heavy atom. The largest absolute Gasteiger partial charge is 0.497 e. The molecule has 6 nitrogen and oxygen atoms in total. The molecule has 27 heavy (non-hydrogen) atoms. The Hall–Kier alpha value is -2.57. The Morgan fingerprint density at radius 1 is 1.19 bits per heavy atom. The van der Waals surface area contributed by atoms with E-state index in [2.05, 4.69) is 15.5 Å². The smallest absolute Gasteiger partial charge is 0.203 e. The van der Waals surface area contributed by atoms with Crippen LogP contribution in [0.3, 0.4) is 0 Å². The number of ether oxygens (including phenoxy) is 1. The summed E-state index contributed by atoms with van der Waals surface area (Å²) in [6.45, 7) is 3.85. The first-order valence-electron chi connectivity index (χ1n) is 9.44. The van der Waals surface area contributed by atoms with Gasteiger partial charge in [0.25, 0.3) is 0 Å². The number of rotatable bonds is 6. The molecule has 0 radical (unpaired) electrons. The number of nitrogens with one attached hydrogen (secondary N) is 2. The molecule has 1 aliphatic heterocycles. The Bertz CT molecular complexity index is 743. The van der Waals surface area contributed by atoms with Gasteiger partial charge in [0.1, 0.15) is 5.75 Å². The summed E-state index contributed by atoms with van der Waals surface area (Å²) in [6, 6.07) is 16.0. The first kappa shape index (κ1) is 19.2. The van der Waals surface area contributed by atoms with Gasteiger partial charge in [-0.1, -0.05) is 18.2 Å². The molecule has 0 amide bonds. The molecule has 144 valence electrons. The molecule has 2 aromatic carbocycles. The highest BCUT2D eigenvalue weighted by molar-refractivity contribution is 5.95. The van der Waals surface area contributed by atoms with Crippen LogP contribution in [-0.2, 0) is 6.42 Å². The molecule has 1 saturated heterocycles. The predicted octanol–water partition coefficient (Wildman–Crippen LogP) is 2.62. The molecule has 0 saturated carbocycles. The van der Waals surface area contributed by atoms with Crippen molar-refractivity contribution in [3.05, 3.63) is 54.1 Å². The van der Waals surface area contributed by atoms with E-state index >= 15 is 0 Å². The minimum atomic E-state index is 0.160. The van der Waals surface area contributed by atoms with E-state index in [0.29, 0.717) is 6.42 Å². The number of hydrogen-bond acceptors (Lipinski definition) is 4. The van der Waals surface area contributed by atoms with Crippen molar-refractivity contribution in [1.82, 2.24) is 10.2 Å². The van der Waals surface area contributed by atoms with Crippen LogP contribution < -0.4 is 15.4 Å². The zero-order valence-corrected chi connectivity index (χ0v) is 15.8. The number of anilines is 1. The molecule has 0 bridgehead atoms. The van der Waals surface area contributed by atoms with Crippen LogP contribution in [0.5, 0.6) is 5.75 Å². The van der Waals surface area contributed by atoms with E-state index in [1.165, 1.54) is 0 Å². The van der Waals surface area contributed by atoms with Crippen molar-refractivity contribution < 1.29 is 9.84 Å². The summed E-state index contributed by atoms with van der Waals surface area (Å²) in [6.07, 6.45) is 1.46. The number of nitrogens with zero attached hydrogens (tertiary/aromatic N) is 2. The van der Waals surface area contributed by atoms with Crippen LogP contribution in [0.2, 0.25) is 0 Å². The maximum absolute atomic E-state index is 9.23. The van der Waals surface area contributed by atoms with Gasteiger partial charge in [-0.05, 0) is 48.7 Å². The molecule has 0 atom stereocenters. The van der Waals surface area contributed by atoms with Crippen LogP contribution in [0.1, 0.15) is 12.0 Å². The van der Waals surface area contributed by atoms with Crippen molar-refractivity contribution in [2.75, 3.05) is 45.2 Å². The highest BCUT2D eigenvalue weighted by Gasteiger charge is 2.16. The number of aliphatic hydroxyl groups excluding tert-OH is 1. The third-order valence-electron chi connectivity index (χ3n) is 4.56. The topological polar surface area (TPSA) is 69.1 Å². The Labute approximate surface area is 160 Å². The molecule has 1 aliphatic rings. The second-order valence-electron chi connectivity index (χ2n) is 6.49. The lowest BCUT2D eigenvalue weighted by Crippen LogP contribution is -2.48. The highest BCUT2D eigenvalue weighted by Crippen LogP contribution is 2.26. The zero-order valence-electron chi connectivity index (χ0n) is 15.8. The molecular weight excluding hydrogens is 340 g/mol. The number of guanidine groups is 1. The Morgan fingerprint density at radius 2 is 1.96 bits per heavy atom.